The van der Waals surface area contributed by atoms with Gasteiger partial charge in [0.1, 0.15) is 12.0 Å². The van der Waals surface area contributed by atoms with Gasteiger partial charge in [-0.1, -0.05) is 30.3 Å². The van der Waals surface area contributed by atoms with Crippen LogP contribution in [-0.4, -0.2) is 22.7 Å². The summed E-state index contributed by atoms with van der Waals surface area (Å²) in [5.74, 6) is -0.442. The topological polar surface area (TPSA) is 59.4 Å². The fourth-order valence-corrected chi connectivity index (χ4v) is 1.87. The van der Waals surface area contributed by atoms with Crippen molar-refractivity contribution >= 4 is 5.97 Å². The molecule has 0 spiro atoms. The molecule has 0 amide bonds. The molecule has 1 aromatic carbocycles. The standard InChI is InChI=1S/C16H17NO3/c1-16(12-18,14-5-3-2-4-6-14)15(19)20-11-13-7-9-17-10-8-13/h2-10,18H,11-12H2,1H3. The second-order valence-electron chi connectivity index (χ2n) is 4.79. The molecule has 4 nitrogen and oxygen atoms in total. The Hall–Kier alpha value is -2.20. The smallest absolute Gasteiger partial charge is 0.318 e. The first-order chi connectivity index (χ1) is 9.66. The molecule has 0 aliphatic heterocycles. The lowest BCUT2D eigenvalue weighted by molar-refractivity contribution is -0.153. The van der Waals surface area contributed by atoms with Crippen LogP contribution in [0.4, 0.5) is 0 Å². The maximum Gasteiger partial charge on any atom is 0.318 e. The molecule has 104 valence electrons. The van der Waals surface area contributed by atoms with Crippen molar-refractivity contribution in [2.45, 2.75) is 18.9 Å². The average molecular weight is 271 g/mol. The summed E-state index contributed by atoms with van der Waals surface area (Å²) in [6, 6.07) is 12.7. The molecular weight excluding hydrogens is 254 g/mol. The van der Waals surface area contributed by atoms with Crippen LogP contribution in [0.15, 0.2) is 54.9 Å². The maximum atomic E-state index is 12.3. The van der Waals surface area contributed by atoms with Gasteiger partial charge in [-0.2, -0.15) is 0 Å². The molecule has 0 aliphatic rings. The molecule has 0 radical (unpaired) electrons. The van der Waals surface area contributed by atoms with Crippen LogP contribution in [-0.2, 0) is 21.6 Å². The SMILES string of the molecule is CC(CO)(C(=O)OCc1ccncc1)c1ccccc1. The van der Waals surface area contributed by atoms with E-state index in [-0.39, 0.29) is 13.2 Å². The van der Waals surface area contributed by atoms with E-state index in [1.165, 1.54) is 0 Å². The van der Waals surface area contributed by atoms with Gasteiger partial charge in [0.15, 0.2) is 0 Å². The Balaban J connectivity index is 2.10. The van der Waals surface area contributed by atoms with Gasteiger partial charge in [0.25, 0.3) is 0 Å². The van der Waals surface area contributed by atoms with Crippen molar-refractivity contribution < 1.29 is 14.6 Å². The summed E-state index contributed by atoms with van der Waals surface area (Å²) in [5, 5.41) is 9.60. The van der Waals surface area contributed by atoms with Crippen molar-refractivity contribution in [3.8, 4) is 0 Å². The second kappa shape index (κ2) is 6.30. The second-order valence-corrected chi connectivity index (χ2v) is 4.79. The van der Waals surface area contributed by atoms with Crippen molar-refractivity contribution in [2.24, 2.45) is 0 Å². The summed E-state index contributed by atoms with van der Waals surface area (Å²) < 4.78 is 5.31. The fraction of sp³-hybridized carbons (Fsp3) is 0.250. The number of aliphatic hydroxyl groups excluding tert-OH is 1. The highest BCUT2D eigenvalue weighted by molar-refractivity contribution is 5.82. The monoisotopic (exact) mass is 271 g/mol. The molecule has 1 atom stereocenters. The van der Waals surface area contributed by atoms with E-state index in [2.05, 4.69) is 4.98 Å². The zero-order chi connectivity index (χ0) is 14.4. The first kappa shape index (κ1) is 14.2. The van der Waals surface area contributed by atoms with Gasteiger partial charge >= 0.3 is 5.97 Å². The number of carbonyl (C=O) groups is 1. The minimum Gasteiger partial charge on any atom is -0.460 e. The van der Waals surface area contributed by atoms with Gasteiger partial charge in [0, 0.05) is 12.4 Å². The molecule has 1 N–H and O–H groups in total. The van der Waals surface area contributed by atoms with E-state index >= 15 is 0 Å². The van der Waals surface area contributed by atoms with Crippen LogP contribution in [0.25, 0.3) is 0 Å². The number of rotatable bonds is 5. The number of ether oxygens (including phenoxy) is 1. The molecule has 2 aromatic rings. The van der Waals surface area contributed by atoms with Crippen LogP contribution in [0.1, 0.15) is 18.1 Å². The molecule has 1 aromatic heterocycles. The summed E-state index contributed by atoms with van der Waals surface area (Å²) in [7, 11) is 0. The molecular formula is C16H17NO3. The molecule has 0 bridgehead atoms. The van der Waals surface area contributed by atoms with Gasteiger partial charge in [-0.25, -0.2) is 0 Å². The van der Waals surface area contributed by atoms with Crippen LogP contribution in [0.3, 0.4) is 0 Å². The van der Waals surface area contributed by atoms with E-state index in [4.69, 9.17) is 4.74 Å². The van der Waals surface area contributed by atoms with Gasteiger partial charge in [-0.3, -0.25) is 9.78 Å². The van der Waals surface area contributed by atoms with E-state index < -0.39 is 11.4 Å². The molecule has 1 heterocycles. The number of hydrogen-bond acceptors (Lipinski definition) is 4. The Kier molecular flexibility index (Phi) is 4.48. The normalized spacial score (nSPS) is 13.5. The highest BCUT2D eigenvalue weighted by atomic mass is 16.5. The summed E-state index contributed by atoms with van der Waals surface area (Å²) in [5.41, 5.74) is 0.554. The zero-order valence-corrected chi connectivity index (χ0v) is 11.3. The molecule has 1 unspecified atom stereocenters. The molecule has 4 heteroatoms. The molecule has 0 fully saturated rings. The zero-order valence-electron chi connectivity index (χ0n) is 11.3. The average Bonchev–Trinajstić information content (AvgIpc) is 2.53. The van der Waals surface area contributed by atoms with E-state index in [1.54, 1.807) is 31.5 Å². The van der Waals surface area contributed by atoms with Crippen LogP contribution >= 0.6 is 0 Å². The fourth-order valence-electron chi connectivity index (χ4n) is 1.87. The Morgan fingerprint density at radius 3 is 2.45 bits per heavy atom. The third-order valence-corrected chi connectivity index (χ3v) is 3.30. The third kappa shape index (κ3) is 3.03. The lowest BCUT2D eigenvalue weighted by Crippen LogP contribution is -2.37. The minimum atomic E-state index is -1.05. The summed E-state index contributed by atoms with van der Waals surface area (Å²) in [4.78, 5) is 16.2. The molecule has 0 saturated carbocycles. The van der Waals surface area contributed by atoms with Crippen LogP contribution < -0.4 is 0 Å². The Labute approximate surface area is 118 Å². The lowest BCUT2D eigenvalue weighted by Gasteiger charge is -2.25. The van der Waals surface area contributed by atoms with Gasteiger partial charge in [0.05, 0.1) is 6.61 Å². The summed E-state index contributed by atoms with van der Waals surface area (Å²) in [6.07, 6.45) is 3.29. The first-order valence-corrected chi connectivity index (χ1v) is 6.39. The lowest BCUT2D eigenvalue weighted by atomic mass is 9.83. The van der Waals surface area contributed by atoms with Crippen LogP contribution in [0.2, 0.25) is 0 Å². The van der Waals surface area contributed by atoms with Gasteiger partial charge in [0.2, 0.25) is 0 Å². The van der Waals surface area contributed by atoms with E-state index in [0.29, 0.717) is 0 Å². The Morgan fingerprint density at radius 2 is 1.85 bits per heavy atom. The number of esters is 1. The summed E-state index contributed by atoms with van der Waals surface area (Å²) >= 11 is 0. The first-order valence-electron chi connectivity index (χ1n) is 6.39. The van der Waals surface area contributed by atoms with Crippen LogP contribution in [0.5, 0.6) is 0 Å². The van der Waals surface area contributed by atoms with Crippen molar-refractivity contribution in [1.29, 1.82) is 0 Å². The molecule has 2 rings (SSSR count). The van der Waals surface area contributed by atoms with E-state index in [1.807, 2.05) is 30.3 Å². The minimum absolute atomic E-state index is 0.170. The number of carbonyl (C=O) groups excluding carboxylic acids is 1. The summed E-state index contributed by atoms with van der Waals surface area (Å²) in [6.45, 7) is 1.55. The predicted molar refractivity (Wildman–Crippen MR) is 74.9 cm³/mol. The van der Waals surface area contributed by atoms with Gasteiger partial charge in [-0.05, 0) is 30.2 Å². The van der Waals surface area contributed by atoms with Crippen molar-refractivity contribution in [2.75, 3.05) is 6.61 Å². The number of hydrogen-bond donors (Lipinski definition) is 1. The maximum absolute atomic E-state index is 12.3. The van der Waals surface area contributed by atoms with Crippen molar-refractivity contribution in [1.82, 2.24) is 4.98 Å². The van der Waals surface area contributed by atoms with Crippen molar-refractivity contribution in [3.63, 3.8) is 0 Å². The molecule has 0 aliphatic carbocycles. The Morgan fingerprint density at radius 1 is 1.20 bits per heavy atom. The number of aromatic nitrogens is 1. The third-order valence-electron chi connectivity index (χ3n) is 3.30. The predicted octanol–water partition coefficient (Wildman–Crippen LogP) is 2.08. The van der Waals surface area contributed by atoms with Crippen LogP contribution in [0, 0.1) is 0 Å². The van der Waals surface area contributed by atoms with Gasteiger partial charge < -0.3 is 9.84 Å². The largest absolute Gasteiger partial charge is 0.460 e. The quantitative estimate of drug-likeness (QED) is 0.846. The number of benzene rings is 1. The van der Waals surface area contributed by atoms with E-state index in [0.717, 1.165) is 11.1 Å². The highest BCUT2D eigenvalue weighted by Gasteiger charge is 2.36. The molecule has 20 heavy (non-hydrogen) atoms. The Bertz CT molecular complexity index is 556. The van der Waals surface area contributed by atoms with Gasteiger partial charge in [-0.15, -0.1) is 0 Å². The number of aliphatic hydroxyl groups is 1. The molecule has 0 saturated heterocycles. The van der Waals surface area contributed by atoms with E-state index in [9.17, 15) is 9.90 Å². The number of nitrogens with zero attached hydrogens (tertiary/aromatic N) is 1. The highest BCUT2D eigenvalue weighted by Crippen LogP contribution is 2.25. The number of pyridine rings is 1. The van der Waals surface area contributed by atoms with Crippen molar-refractivity contribution in [3.05, 3.63) is 66.0 Å².